The summed E-state index contributed by atoms with van der Waals surface area (Å²) in [6, 6.07) is -0.285. The van der Waals surface area contributed by atoms with Crippen LogP contribution in [-0.2, 0) is 4.79 Å². The average Bonchev–Trinajstić information content (AvgIpc) is 2.37. The fourth-order valence-electron chi connectivity index (χ4n) is 1.84. The molecule has 0 aliphatic carbocycles. The Hall–Kier alpha value is -1.10. The van der Waals surface area contributed by atoms with E-state index in [1.54, 1.807) is 13.8 Å². The Morgan fingerprint density at radius 1 is 1.33 bits per heavy atom. The van der Waals surface area contributed by atoms with Gasteiger partial charge in [-0.25, -0.2) is 4.79 Å². The fraction of sp³-hybridized carbons (Fsp3) is 0.846. The highest BCUT2D eigenvalue weighted by molar-refractivity contribution is 6.06. The van der Waals surface area contributed by atoms with Gasteiger partial charge >= 0.3 is 6.03 Å². The third kappa shape index (κ3) is 3.70. The number of hydrogen-bond acceptors (Lipinski definition) is 3. The minimum absolute atomic E-state index is 0.0464. The molecule has 2 N–H and O–H groups in total. The third-order valence-electron chi connectivity index (χ3n) is 2.92. The Kier molecular flexibility index (Phi) is 4.05. The van der Waals surface area contributed by atoms with E-state index >= 15 is 0 Å². The van der Waals surface area contributed by atoms with Crippen molar-refractivity contribution in [3.63, 3.8) is 0 Å². The van der Waals surface area contributed by atoms with Gasteiger partial charge in [-0.3, -0.25) is 9.69 Å². The predicted molar refractivity (Wildman–Crippen MR) is 71.2 cm³/mol. The Bertz CT molecular complexity index is 345. The largest absolute Gasteiger partial charge is 0.325 e. The lowest BCUT2D eigenvalue weighted by Gasteiger charge is -2.25. The number of amides is 3. The summed E-state index contributed by atoms with van der Waals surface area (Å²) in [4.78, 5) is 25.0. The predicted octanol–water partition coefficient (Wildman–Crippen LogP) is 1.34. The molecule has 1 aliphatic rings. The first kappa shape index (κ1) is 15.0. The van der Waals surface area contributed by atoms with Gasteiger partial charge in [0.2, 0.25) is 0 Å². The van der Waals surface area contributed by atoms with E-state index in [0.29, 0.717) is 6.54 Å². The van der Waals surface area contributed by atoms with Crippen LogP contribution in [0.1, 0.15) is 41.5 Å². The van der Waals surface area contributed by atoms with E-state index in [4.69, 9.17) is 0 Å². The van der Waals surface area contributed by atoms with Crippen molar-refractivity contribution in [2.45, 2.75) is 52.6 Å². The highest BCUT2D eigenvalue weighted by atomic mass is 16.2. The SMILES string of the molecule is CC(CNC(C)(C)C)CN1C(=O)NC(C)(C)C1=O. The summed E-state index contributed by atoms with van der Waals surface area (Å²) in [6.45, 7) is 13.0. The topological polar surface area (TPSA) is 61.4 Å². The van der Waals surface area contributed by atoms with Crippen LogP contribution in [-0.4, -0.2) is 41.0 Å². The minimum Gasteiger partial charge on any atom is -0.324 e. The summed E-state index contributed by atoms with van der Waals surface area (Å²) in [7, 11) is 0. The molecule has 1 saturated heterocycles. The lowest BCUT2D eigenvalue weighted by Crippen LogP contribution is -2.43. The molecule has 18 heavy (non-hydrogen) atoms. The van der Waals surface area contributed by atoms with Gasteiger partial charge in [-0.2, -0.15) is 0 Å². The monoisotopic (exact) mass is 255 g/mol. The second-order valence-electron chi connectivity index (χ2n) is 6.71. The van der Waals surface area contributed by atoms with E-state index in [1.807, 2.05) is 6.92 Å². The van der Waals surface area contributed by atoms with Crippen LogP contribution in [0, 0.1) is 5.92 Å². The first-order chi connectivity index (χ1) is 8.03. The van der Waals surface area contributed by atoms with Crippen molar-refractivity contribution >= 4 is 11.9 Å². The zero-order valence-corrected chi connectivity index (χ0v) is 12.3. The molecular formula is C13H25N3O2. The maximum Gasteiger partial charge on any atom is 0.325 e. The smallest absolute Gasteiger partial charge is 0.324 e. The molecule has 0 aromatic rings. The maximum absolute atomic E-state index is 12.0. The van der Waals surface area contributed by atoms with Gasteiger partial charge in [0.15, 0.2) is 0 Å². The normalized spacial score (nSPS) is 21.1. The van der Waals surface area contributed by atoms with E-state index in [9.17, 15) is 9.59 Å². The molecule has 0 saturated carbocycles. The summed E-state index contributed by atoms with van der Waals surface area (Å²) < 4.78 is 0. The van der Waals surface area contributed by atoms with Crippen molar-refractivity contribution in [2.24, 2.45) is 5.92 Å². The Labute approximate surface area is 109 Å². The Morgan fingerprint density at radius 2 is 1.89 bits per heavy atom. The molecule has 0 spiro atoms. The molecule has 1 fully saturated rings. The zero-order chi connectivity index (χ0) is 14.1. The molecule has 5 heteroatoms. The number of carbonyl (C=O) groups is 2. The molecule has 1 heterocycles. The Balaban J connectivity index is 2.53. The molecule has 5 nitrogen and oxygen atoms in total. The molecule has 1 rings (SSSR count). The van der Waals surface area contributed by atoms with Crippen LogP contribution in [0.4, 0.5) is 4.79 Å². The summed E-state index contributed by atoms with van der Waals surface area (Å²) >= 11 is 0. The van der Waals surface area contributed by atoms with Gasteiger partial charge in [0, 0.05) is 12.1 Å². The van der Waals surface area contributed by atoms with Gasteiger partial charge in [0.1, 0.15) is 5.54 Å². The highest BCUT2D eigenvalue weighted by Gasteiger charge is 2.44. The summed E-state index contributed by atoms with van der Waals surface area (Å²) in [5, 5.41) is 6.06. The van der Waals surface area contributed by atoms with Gasteiger partial charge in [0.05, 0.1) is 0 Å². The molecule has 0 bridgehead atoms. The standard InChI is InChI=1S/C13H25N3O2/c1-9(7-14-12(2,3)4)8-16-10(17)13(5,6)15-11(16)18/h9,14H,7-8H2,1-6H3,(H,15,18). The van der Waals surface area contributed by atoms with E-state index < -0.39 is 5.54 Å². The average molecular weight is 255 g/mol. The van der Waals surface area contributed by atoms with Gasteiger partial charge in [-0.1, -0.05) is 6.92 Å². The summed E-state index contributed by atoms with van der Waals surface area (Å²) in [5.41, 5.74) is -0.723. The lowest BCUT2D eigenvalue weighted by atomic mass is 10.0. The number of nitrogens with zero attached hydrogens (tertiary/aromatic N) is 1. The number of imide groups is 1. The van der Waals surface area contributed by atoms with Gasteiger partial charge in [0.25, 0.3) is 5.91 Å². The molecule has 104 valence electrons. The molecule has 0 aromatic heterocycles. The van der Waals surface area contributed by atoms with Crippen molar-refractivity contribution < 1.29 is 9.59 Å². The van der Waals surface area contributed by atoms with Gasteiger partial charge in [-0.05, 0) is 47.1 Å². The van der Waals surface area contributed by atoms with Crippen LogP contribution < -0.4 is 10.6 Å². The number of urea groups is 1. The molecule has 1 aliphatic heterocycles. The second kappa shape index (κ2) is 4.88. The third-order valence-corrected chi connectivity index (χ3v) is 2.92. The molecular weight excluding hydrogens is 230 g/mol. The Morgan fingerprint density at radius 3 is 2.28 bits per heavy atom. The molecule has 1 atom stereocenters. The zero-order valence-electron chi connectivity index (χ0n) is 12.3. The number of nitrogens with one attached hydrogen (secondary N) is 2. The van der Waals surface area contributed by atoms with E-state index in [1.165, 1.54) is 4.90 Å². The first-order valence-electron chi connectivity index (χ1n) is 6.42. The molecule has 0 aromatic carbocycles. The van der Waals surface area contributed by atoms with Crippen LogP contribution in [0.5, 0.6) is 0 Å². The van der Waals surface area contributed by atoms with Crippen molar-refractivity contribution in [3.8, 4) is 0 Å². The van der Waals surface area contributed by atoms with E-state index in [2.05, 4.69) is 31.4 Å². The van der Waals surface area contributed by atoms with Crippen molar-refractivity contribution in [1.82, 2.24) is 15.5 Å². The van der Waals surface area contributed by atoms with Crippen LogP contribution in [0.3, 0.4) is 0 Å². The van der Waals surface area contributed by atoms with Crippen LogP contribution >= 0.6 is 0 Å². The minimum atomic E-state index is -0.770. The summed E-state index contributed by atoms with van der Waals surface area (Å²) in [5.74, 6) is 0.0860. The van der Waals surface area contributed by atoms with Crippen molar-refractivity contribution in [2.75, 3.05) is 13.1 Å². The van der Waals surface area contributed by atoms with Crippen LogP contribution in [0.2, 0.25) is 0 Å². The van der Waals surface area contributed by atoms with Crippen molar-refractivity contribution in [1.29, 1.82) is 0 Å². The lowest BCUT2D eigenvalue weighted by molar-refractivity contribution is -0.130. The van der Waals surface area contributed by atoms with E-state index in [-0.39, 0.29) is 23.4 Å². The number of rotatable bonds is 4. The van der Waals surface area contributed by atoms with Gasteiger partial charge < -0.3 is 10.6 Å². The number of hydrogen-bond donors (Lipinski definition) is 2. The molecule has 3 amide bonds. The highest BCUT2D eigenvalue weighted by Crippen LogP contribution is 2.17. The number of carbonyl (C=O) groups excluding carboxylic acids is 2. The molecule has 0 radical (unpaired) electrons. The van der Waals surface area contributed by atoms with Crippen LogP contribution in [0.25, 0.3) is 0 Å². The van der Waals surface area contributed by atoms with E-state index in [0.717, 1.165) is 6.54 Å². The van der Waals surface area contributed by atoms with Crippen molar-refractivity contribution in [3.05, 3.63) is 0 Å². The first-order valence-corrected chi connectivity index (χ1v) is 6.42. The maximum atomic E-state index is 12.0. The second-order valence-corrected chi connectivity index (χ2v) is 6.71. The quantitative estimate of drug-likeness (QED) is 0.745. The summed E-state index contributed by atoms with van der Waals surface area (Å²) in [6.07, 6.45) is 0. The molecule has 1 unspecified atom stereocenters. The van der Waals surface area contributed by atoms with Gasteiger partial charge in [-0.15, -0.1) is 0 Å². The van der Waals surface area contributed by atoms with Crippen LogP contribution in [0.15, 0.2) is 0 Å². The fourth-order valence-corrected chi connectivity index (χ4v) is 1.84.